The average molecular weight is 360 g/mol. The van der Waals surface area contributed by atoms with Crippen molar-refractivity contribution in [1.82, 2.24) is 9.88 Å². The van der Waals surface area contributed by atoms with Gasteiger partial charge >= 0.3 is 5.97 Å². The summed E-state index contributed by atoms with van der Waals surface area (Å²) in [5, 5.41) is 11.8. The lowest BCUT2D eigenvalue weighted by atomic mass is 10.1. The summed E-state index contributed by atoms with van der Waals surface area (Å²) in [6.45, 7) is 3.37. The molecule has 132 valence electrons. The van der Waals surface area contributed by atoms with E-state index in [9.17, 15) is 9.59 Å². The Morgan fingerprint density at radius 2 is 2.12 bits per heavy atom. The van der Waals surface area contributed by atoms with E-state index in [1.807, 2.05) is 36.6 Å². The fourth-order valence-corrected chi connectivity index (χ4v) is 3.66. The molecule has 2 aromatic rings. The number of likely N-dealkylation sites (tertiary alicyclic amines) is 1. The van der Waals surface area contributed by atoms with E-state index < -0.39 is 11.9 Å². The molecule has 6 nitrogen and oxygen atoms in total. The smallest absolute Gasteiger partial charge is 0.308 e. The number of hydrogen-bond acceptors (Lipinski definition) is 5. The summed E-state index contributed by atoms with van der Waals surface area (Å²) in [4.78, 5) is 29.5. The van der Waals surface area contributed by atoms with Crippen LogP contribution in [0.5, 0.6) is 5.75 Å². The van der Waals surface area contributed by atoms with Gasteiger partial charge in [0, 0.05) is 24.0 Å². The Hall–Kier alpha value is -2.41. The monoisotopic (exact) mass is 360 g/mol. The molecule has 1 aromatic carbocycles. The topological polar surface area (TPSA) is 79.7 Å². The van der Waals surface area contributed by atoms with Gasteiger partial charge in [-0.1, -0.05) is 0 Å². The van der Waals surface area contributed by atoms with Crippen molar-refractivity contribution in [3.63, 3.8) is 0 Å². The maximum absolute atomic E-state index is 12.3. The third-order valence-electron chi connectivity index (χ3n) is 4.19. The third-order valence-corrected chi connectivity index (χ3v) is 5.13. The van der Waals surface area contributed by atoms with E-state index in [4.69, 9.17) is 9.84 Å². The van der Waals surface area contributed by atoms with Crippen LogP contribution in [0, 0.1) is 5.92 Å². The number of carboxylic acid groups (broad SMARTS) is 1. The van der Waals surface area contributed by atoms with E-state index >= 15 is 0 Å². The zero-order valence-electron chi connectivity index (χ0n) is 14.0. The number of benzene rings is 1. The fourth-order valence-electron chi connectivity index (χ4n) is 2.84. The lowest BCUT2D eigenvalue weighted by molar-refractivity contribution is -0.141. The van der Waals surface area contributed by atoms with Gasteiger partial charge in [0.25, 0.3) is 0 Å². The zero-order chi connectivity index (χ0) is 17.8. The second kappa shape index (κ2) is 7.65. The van der Waals surface area contributed by atoms with Crippen molar-refractivity contribution in [2.75, 3.05) is 19.7 Å². The molecule has 0 aliphatic carbocycles. The molecule has 1 aliphatic heterocycles. The quantitative estimate of drug-likeness (QED) is 0.857. The van der Waals surface area contributed by atoms with Crippen LogP contribution < -0.4 is 4.74 Å². The number of nitrogens with zero attached hydrogens (tertiary/aromatic N) is 2. The number of aromatic nitrogens is 1. The summed E-state index contributed by atoms with van der Waals surface area (Å²) in [6, 6.07) is 7.71. The first-order valence-electron chi connectivity index (χ1n) is 8.25. The molecule has 1 aliphatic rings. The van der Waals surface area contributed by atoms with Gasteiger partial charge < -0.3 is 14.7 Å². The van der Waals surface area contributed by atoms with Crippen molar-refractivity contribution in [1.29, 1.82) is 0 Å². The minimum atomic E-state index is -0.832. The molecular weight excluding hydrogens is 340 g/mol. The number of amides is 1. The number of carbonyl (C=O) groups excluding carboxylic acids is 1. The van der Waals surface area contributed by atoms with Gasteiger partial charge in [-0.2, -0.15) is 0 Å². The predicted octanol–water partition coefficient (Wildman–Crippen LogP) is 2.68. The Labute approximate surface area is 150 Å². The Morgan fingerprint density at radius 3 is 2.76 bits per heavy atom. The Kier molecular flexibility index (Phi) is 5.33. The molecule has 1 fully saturated rings. The minimum Gasteiger partial charge on any atom is -0.494 e. The van der Waals surface area contributed by atoms with Crippen LogP contribution in [0.15, 0.2) is 29.6 Å². The van der Waals surface area contributed by atoms with Crippen LogP contribution in [0.4, 0.5) is 0 Å². The highest BCUT2D eigenvalue weighted by Crippen LogP contribution is 2.26. The molecule has 1 amide bonds. The van der Waals surface area contributed by atoms with Gasteiger partial charge in [-0.25, -0.2) is 4.98 Å². The number of thiazole rings is 1. The summed E-state index contributed by atoms with van der Waals surface area (Å²) in [5.41, 5.74) is 1.71. The van der Waals surface area contributed by atoms with Crippen LogP contribution >= 0.6 is 11.3 Å². The van der Waals surface area contributed by atoms with Crippen LogP contribution in [0.1, 0.15) is 19.0 Å². The molecule has 1 saturated heterocycles. The maximum Gasteiger partial charge on any atom is 0.308 e. The lowest BCUT2D eigenvalue weighted by Gasteiger charge is -2.14. The molecule has 0 radical (unpaired) electrons. The third kappa shape index (κ3) is 4.17. The first-order valence-corrected chi connectivity index (χ1v) is 9.13. The lowest BCUT2D eigenvalue weighted by Crippen LogP contribution is -2.31. The summed E-state index contributed by atoms with van der Waals surface area (Å²) in [5.74, 6) is -0.520. The maximum atomic E-state index is 12.3. The number of carboxylic acids is 1. The van der Waals surface area contributed by atoms with Crippen LogP contribution in [0.25, 0.3) is 10.6 Å². The summed E-state index contributed by atoms with van der Waals surface area (Å²) in [7, 11) is 0. The Bertz CT molecular complexity index is 757. The van der Waals surface area contributed by atoms with E-state index in [2.05, 4.69) is 4.98 Å². The Morgan fingerprint density at radius 1 is 1.36 bits per heavy atom. The van der Waals surface area contributed by atoms with Gasteiger partial charge in [0.2, 0.25) is 5.91 Å². The average Bonchev–Trinajstić information content (AvgIpc) is 3.25. The Balaban J connectivity index is 1.61. The first kappa shape index (κ1) is 17.4. The second-order valence-electron chi connectivity index (χ2n) is 5.94. The molecule has 0 spiro atoms. The molecular formula is C18H20N2O4S. The largest absolute Gasteiger partial charge is 0.494 e. The zero-order valence-corrected chi connectivity index (χ0v) is 14.8. The number of rotatable bonds is 6. The standard InChI is InChI=1S/C18H20N2O4S/c1-2-24-15-5-3-12(4-6-15)17-19-14(11-25-17)9-16(21)20-8-7-13(10-20)18(22)23/h3-6,11,13H,2,7-10H2,1H3,(H,22,23)/t13-/m1/s1. The number of hydrogen-bond donors (Lipinski definition) is 1. The SMILES string of the molecule is CCOc1ccc(-c2nc(CC(=O)N3CC[C@@H](C(=O)O)C3)cs2)cc1. The normalized spacial score (nSPS) is 16.8. The van der Waals surface area contributed by atoms with Crippen LogP contribution in [-0.2, 0) is 16.0 Å². The van der Waals surface area contributed by atoms with Crippen molar-refractivity contribution in [3.8, 4) is 16.3 Å². The van der Waals surface area contributed by atoms with E-state index in [1.54, 1.807) is 4.90 Å². The fraction of sp³-hybridized carbons (Fsp3) is 0.389. The molecule has 1 atom stereocenters. The first-order chi connectivity index (χ1) is 12.1. The van der Waals surface area contributed by atoms with E-state index in [-0.39, 0.29) is 12.3 Å². The molecule has 3 rings (SSSR count). The van der Waals surface area contributed by atoms with E-state index in [0.717, 1.165) is 22.0 Å². The minimum absolute atomic E-state index is 0.0627. The van der Waals surface area contributed by atoms with Crippen molar-refractivity contribution >= 4 is 23.2 Å². The molecule has 1 aromatic heterocycles. The van der Waals surface area contributed by atoms with Crippen LogP contribution in [0.2, 0.25) is 0 Å². The molecule has 1 N–H and O–H groups in total. The van der Waals surface area contributed by atoms with Crippen LogP contribution in [0.3, 0.4) is 0 Å². The van der Waals surface area contributed by atoms with Crippen molar-refractivity contribution in [2.24, 2.45) is 5.92 Å². The van der Waals surface area contributed by atoms with Gasteiger partial charge in [0.05, 0.1) is 24.6 Å². The van der Waals surface area contributed by atoms with Gasteiger partial charge in [-0.15, -0.1) is 11.3 Å². The second-order valence-corrected chi connectivity index (χ2v) is 6.80. The highest BCUT2D eigenvalue weighted by molar-refractivity contribution is 7.13. The van der Waals surface area contributed by atoms with Gasteiger partial charge in [-0.3, -0.25) is 9.59 Å². The molecule has 0 unspecified atom stereocenters. The predicted molar refractivity (Wildman–Crippen MR) is 94.7 cm³/mol. The summed E-state index contributed by atoms with van der Waals surface area (Å²) in [6.07, 6.45) is 0.732. The molecule has 0 bridgehead atoms. The molecule has 0 saturated carbocycles. The van der Waals surface area contributed by atoms with Gasteiger partial charge in [-0.05, 0) is 37.6 Å². The molecule has 7 heteroatoms. The summed E-state index contributed by atoms with van der Waals surface area (Å²) >= 11 is 1.50. The van der Waals surface area contributed by atoms with E-state index in [0.29, 0.717) is 26.1 Å². The number of carbonyl (C=O) groups is 2. The van der Waals surface area contributed by atoms with Crippen molar-refractivity contribution in [2.45, 2.75) is 19.8 Å². The van der Waals surface area contributed by atoms with Crippen LogP contribution in [-0.4, -0.2) is 46.6 Å². The van der Waals surface area contributed by atoms with Gasteiger partial charge in [0.15, 0.2) is 0 Å². The molecule has 2 heterocycles. The highest BCUT2D eigenvalue weighted by Gasteiger charge is 2.30. The number of aliphatic carboxylic acids is 1. The van der Waals surface area contributed by atoms with Crippen molar-refractivity contribution in [3.05, 3.63) is 35.3 Å². The highest BCUT2D eigenvalue weighted by atomic mass is 32.1. The summed E-state index contributed by atoms with van der Waals surface area (Å²) < 4.78 is 5.43. The number of ether oxygens (including phenoxy) is 1. The van der Waals surface area contributed by atoms with Gasteiger partial charge in [0.1, 0.15) is 10.8 Å². The molecule has 25 heavy (non-hydrogen) atoms. The van der Waals surface area contributed by atoms with Crippen molar-refractivity contribution < 1.29 is 19.4 Å². The van der Waals surface area contributed by atoms with E-state index in [1.165, 1.54) is 11.3 Å².